The van der Waals surface area contributed by atoms with Gasteiger partial charge in [0.2, 0.25) is 0 Å². The smallest absolute Gasteiger partial charge is 0.306 e. The summed E-state index contributed by atoms with van der Waals surface area (Å²) >= 11 is 0. The standard InChI is InChI=1S/C22H36F4O10P2S2/c1-13(2)33-37(27,34-14(3)4)9-11-39(29,30)21-17(23)19(25)22(20(26)18(21)24)40(31,32)12-10-38(28,35-15(5)6)36-16(7)8/h13-16H,9-12H2,1-8H3. The highest BCUT2D eigenvalue weighted by Gasteiger charge is 2.40. The second-order valence-corrected chi connectivity index (χ2v) is 18.1. The van der Waals surface area contributed by atoms with Crippen LogP contribution in [0.5, 0.6) is 0 Å². The quantitative estimate of drug-likeness (QED) is 0.120. The maximum absolute atomic E-state index is 14.9. The molecule has 234 valence electrons. The first-order chi connectivity index (χ1) is 18.0. The number of halogens is 4. The molecular weight excluding hydrogens is 626 g/mol. The number of hydrogen-bond donors (Lipinski definition) is 0. The monoisotopic (exact) mass is 662 g/mol. The highest BCUT2D eigenvalue weighted by Crippen LogP contribution is 2.52. The van der Waals surface area contributed by atoms with Crippen LogP contribution in [0.4, 0.5) is 17.6 Å². The molecule has 0 radical (unpaired) electrons. The van der Waals surface area contributed by atoms with Gasteiger partial charge in [-0.3, -0.25) is 9.13 Å². The lowest BCUT2D eigenvalue weighted by atomic mass is 10.3. The molecule has 1 aromatic rings. The van der Waals surface area contributed by atoms with Gasteiger partial charge in [-0.1, -0.05) is 0 Å². The van der Waals surface area contributed by atoms with Crippen molar-refractivity contribution >= 4 is 34.9 Å². The van der Waals surface area contributed by atoms with Gasteiger partial charge in [0, 0.05) is 0 Å². The number of benzene rings is 1. The molecule has 0 bridgehead atoms. The van der Waals surface area contributed by atoms with Crippen LogP contribution in [0, 0.1) is 23.3 Å². The van der Waals surface area contributed by atoms with E-state index >= 15 is 0 Å². The molecular formula is C22H36F4O10P2S2. The summed E-state index contributed by atoms with van der Waals surface area (Å²) in [4.78, 5) is -4.17. The first-order valence-corrected chi connectivity index (χ1v) is 19.0. The minimum absolute atomic E-state index is 0.702. The summed E-state index contributed by atoms with van der Waals surface area (Å²) in [6.07, 6.45) is -4.65. The van der Waals surface area contributed by atoms with Crippen molar-refractivity contribution < 1.29 is 61.6 Å². The molecule has 0 fully saturated rings. The van der Waals surface area contributed by atoms with Gasteiger partial charge in [0.1, 0.15) is 9.79 Å². The van der Waals surface area contributed by atoms with Crippen LogP contribution in [0.25, 0.3) is 0 Å². The summed E-state index contributed by atoms with van der Waals surface area (Å²) in [7, 11) is -18.8. The largest absolute Gasteiger partial charge is 0.332 e. The minimum Gasteiger partial charge on any atom is -0.306 e. The predicted molar refractivity (Wildman–Crippen MR) is 140 cm³/mol. The summed E-state index contributed by atoms with van der Waals surface area (Å²) < 4.78 is 157. The van der Waals surface area contributed by atoms with Crippen LogP contribution in [0.2, 0.25) is 0 Å². The fourth-order valence-corrected chi connectivity index (χ4v) is 12.0. The van der Waals surface area contributed by atoms with E-state index in [1.807, 2.05) is 0 Å². The SMILES string of the molecule is CC(C)OP(=O)(CCS(=O)(=O)c1c(F)c(F)c(S(=O)(=O)CCP(=O)(OC(C)C)OC(C)C)c(F)c1F)OC(C)C. The lowest BCUT2D eigenvalue weighted by molar-refractivity contribution is 0.142. The van der Waals surface area contributed by atoms with Crippen molar-refractivity contribution in [1.29, 1.82) is 0 Å². The highest BCUT2D eigenvalue weighted by atomic mass is 32.2. The highest BCUT2D eigenvalue weighted by molar-refractivity contribution is 7.92. The average Bonchev–Trinajstić information content (AvgIpc) is 2.73. The van der Waals surface area contributed by atoms with Gasteiger partial charge in [0.05, 0.1) is 48.2 Å². The summed E-state index contributed by atoms with van der Waals surface area (Å²) in [5.74, 6) is -12.6. The Bertz CT molecular complexity index is 1200. The summed E-state index contributed by atoms with van der Waals surface area (Å²) in [5.41, 5.74) is 0. The number of hydrogen-bond acceptors (Lipinski definition) is 10. The molecule has 0 saturated carbocycles. The van der Waals surface area contributed by atoms with Crippen LogP contribution in [0.3, 0.4) is 0 Å². The Labute approximate surface area is 233 Å². The second-order valence-electron chi connectivity index (χ2n) is 9.84. The minimum atomic E-state index is -5.24. The van der Waals surface area contributed by atoms with Crippen molar-refractivity contribution in [2.45, 2.75) is 89.6 Å². The first kappa shape index (κ1) is 37.2. The van der Waals surface area contributed by atoms with Crippen molar-refractivity contribution in [3.8, 4) is 0 Å². The van der Waals surface area contributed by atoms with E-state index < -0.39 is 116 Å². The van der Waals surface area contributed by atoms with E-state index in [2.05, 4.69) is 0 Å². The topological polar surface area (TPSA) is 139 Å². The third kappa shape index (κ3) is 10.1. The molecule has 0 amide bonds. The van der Waals surface area contributed by atoms with Crippen molar-refractivity contribution in [2.24, 2.45) is 0 Å². The van der Waals surface area contributed by atoms with Crippen molar-refractivity contribution in [1.82, 2.24) is 0 Å². The number of rotatable bonds is 16. The molecule has 40 heavy (non-hydrogen) atoms. The molecule has 0 saturated heterocycles. The molecule has 0 unspecified atom stereocenters. The van der Waals surface area contributed by atoms with E-state index in [1.54, 1.807) is 0 Å². The van der Waals surface area contributed by atoms with E-state index in [0.29, 0.717) is 0 Å². The van der Waals surface area contributed by atoms with Gasteiger partial charge in [-0.05, 0) is 55.4 Å². The van der Waals surface area contributed by atoms with E-state index in [0.717, 1.165) is 0 Å². The summed E-state index contributed by atoms with van der Waals surface area (Å²) in [6, 6.07) is 0. The van der Waals surface area contributed by atoms with Crippen molar-refractivity contribution in [3.05, 3.63) is 23.3 Å². The third-order valence-electron chi connectivity index (χ3n) is 4.56. The molecule has 0 spiro atoms. The maximum Gasteiger partial charge on any atom is 0.332 e. The van der Waals surface area contributed by atoms with E-state index in [1.165, 1.54) is 55.4 Å². The molecule has 1 aromatic carbocycles. The van der Waals surface area contributed by atoms with Crippen LogP contribution < -0.4 is 0 Å². The zero-order valence-corrected chi connectivity index (χ0v) is 26.9. The van der Waals surface area contributed by atoms with Crippen LogP contribution >= 0.6 is 15.2 Å². The van der Waals surface area contributed by atoms with Gasteiger partial charge in [-0.15, -0.1) is 0 Å². The first-order valence-electron chi connectivity index (χ1n) is 12.2. The van der Waals surface area contributed by atoms with Gasteiger partial charge >= 0.3 is 15.2 Å². The van der Waals surface area contributed by atoms with Gasteiger partial charge < -0.3 is 18.1 Å². The van der Waals surface area contributed by atoms with Crippen molar-refractivity contribution in [2.75, 3.05) is 23.8 Å². The predicted octanol–water partition coefficient (Wildman–Crippen LogP) is 5.88. The number of sulfone groups is 2. The normalized spacial score (nSPS) is 13.8. The molecule has 0 aromatic heterocycles. The Hall–Kier alpha value is -0.860. The van der Waals surface area contributed by atoms with Gasteiger partial charge in [-0.2, -0.15) is 0 Å². The van der Waals surface area contributed by atoms with Gasteiger partial charge in [0.15, 0.2) is 42.9 Å². The van der Waals surface area contributed by atoms with Gasteiger partial charge in [-0.25, -0.2) is 34.4 Å². The fraction of sp³-hybridized carbons (Fsp3) is 0.727. The molecule has 0 aliphatic heterocycles. The molecule has 0 aliphatic carbocycles. The Morgan fingerprint density at radius 1 is 0.525 bits per heavy atom. The van der Waals surface area contributed by atoms with E-state index in [9.17, 15) is 43.5 Å². The third-order valence-corrected chi connectivity index (χ3v) is 13.1. The van der Waals surface area contributed by atoms with Crippen LogP contribution in [-0.4, -0.2) is 65.1 Å². The summed E-state index contributed by atoms with van der Waals surface area (Å²) in [5, 5.41) is 0. The molecule has 0 aliphatic rings. The van der Waals surface area contributed by atoms with Crippen LogP contribution in [-0.2, 0) is 46.9 Å². The molecule has 18 heteroatoms. The molecule has 0 heterocycles. The Morgan fingerprint density at radius 3 is 0.900 bits per heavy atom. The van der Waals surface area contributed by atoms with Crippen molar-refractivity contribution in [3.63, 3.8) is 0 Å². The lowest BCUT2D eigenvalue weighted by Crippen LogP contribution is -2.23. The van der Waals surface area contributed by atoms with Crippen LogP contribution in [0.15, 0.2) is 9.79 Å². The fourth-order valence-electron chi connectivity index (χ4n) is 3.35. The molecule has 0 N–H and O–H groups in total. The Kier molecular flexibility index (Phi) is 13.1. The lowest BCUT2D eigenvalue weighted by Gasteiger charge is -2.23. The Balaban J connectivity index is 3.49. The summed E-state index contributed by atoms with van der Waals surface area (Å²) in [6.45, 7) is 11.8. The zero-order valence-electron chi connectivity index (χ0n) is 23.4. The average molecular weight is 663 g/mol. The Morgan fingerprint density at radius 2 is 0.725 bits per heavy atom. The molecule has 0 atom stereocenters. The van der Waals surface area contributed by atoms with E-state index in [-0.39, 0.29) is 0 Å². The van der Waals surface area contributed by atoms with E-state index in [4.69, 9.17) is 18.1 Å². The maximum atomic E-state index is 14.9. The molecule has 1 rings (SSSR count). The zero-order chi connectivity index (χ0) is 31.4. The second kappa shape index (κ2) is 14.1. The molecule has 10 nitrogen and oxygen atoms in total. The van der Waals surface area contributed by atoms with Gasteiger partial charge in [0.25, 0.3) is 0 Å². The van der Waals surface area contributed by atoms with Crippen LogP contribution in [0.1, 0.15) is 55.4 Å².